The first-order chi connectivity index (χ1) is 10.0. The first-order valence-corrected chi connectivity index (χ1v) is 7.03. The summed E-state index contributed by atoms with van der Waals surface area (Å²) in [4.78, 5) is 22.8. The fourth-order valence-corrected chi connectivity index (χ4v) is 1.72. The zero-order valence-corrected chi connectivity index (χ0v) is 12.8. The highest BCUT2D eigenvalue weighted by atomic mass is 16.5. The zero-order valence-electron chi connectivity index (χ0n) is 12.8. The van der Waals surface area contributed by atoms with E-state index >= 15 is 0 Å². The summed E-state index contributed by atoms with van der Waals surface area (Å²) in [5.41, 5.74) is 2.26. The Balaban J connectivity index is 2.46. The van der Waals surface area contributed by atoms with Gasteiger partial charge in [-0.3, -0.25) is 4.79 Å². The van der Waals surface area contributed by atoms with Gasteiger partial charge in [0.05, 0.1) is 0 Å². The van der Waals surface area contributed by atoms with Gasteiger partial charge in [0.1, 0.15) is 0 Å². The van der Waals surface area contributed by atoms with Gasteiger partial charge < -0.3 is 20.7 Å². The average molecular weight is 293 g/mol. The number of amides is 3. The molecule has 0 aliphatic rings. The molecule has 0 heterocycles. The van der Waals surface area contributed by atoms with Crippen LogP contribution in [0.4, 0.5) is 16.2 Å². The third kappa shape index (κ3) is 6.76. The first kappa shape index (κ1) is 17.0. The summed E-state index contributed by atoms with van der Waals surface area (Å²) in [6, 6.07) is 5.09. The number of aryl methyl sites for hydroxylation is 1. The van der Waals surface area contributed by atoms with Crippen LogP contribution in [-0.4, -0.2) is 31.7 Å². The second kappa shape index (κ2) is 8.97. The molecule has 1 aromatic carbocycles. The van der Waals surface area contributed by atoms with Gasteiger partial charge in [-0.25, -0.2) is 4.79 Å². The van der Waals surface area contributed by atoms with E-state index in [2.05, 4.69) is 16.0 Å². The van der Waals surface area contributed by atoms with Gasteiger partial charge in [0, 0.05) is 38.1 Å². The van der Waals surface area contributed by atoms with Gasteiger partial charge in [0.2, 0.25) is 5.91 Å². The van der Waals surface area contributed by atoms with Crippen LogP contribution in [0.15, 0.2) is 18.2 Å². The van der Waals surface area contributed by atoms with Crippen LogP contribution in [0.3, 0.4) is 0 Å². The van der Waals surface area contributed by atoms with E-state index in [0.29, 0.717) is 31.1 Å². The standard InChI is InChI=1S/C15H23N3O3/c1-4-21-9-5-8-16-15(20)18-13-7-6-11(2)14(10-13)17-12(3)19/h6-7,10H,4-5,8-9H2,1-3H3,(H,17,19)(H2,16,18,20). The number of anilines is 2. The largest absolute Gasteiger partial charge is 0.382 e. The summed E-state index contributed by atoms with van der Waals surface area (Å²) < 4.78 is 5.19. The minimum atomic E-state index is -0.274. The van der Waals surface area contributed by atoms with Gasteiger partial charge in [-0.05, 0) is 38.0 Å². The first-order valence-electron chi connectivity index (χ1n) is 7.03. The maximum Gasteiger partial charge on any atom is 0.319 e. The number of ether oxygens (including phenoxy) is 1. The predicted molar refractivity (Wildman–Crippen MR) is 83.6 cm³/mol. The molecule has 3 N–H and O–H groups in total. The Morgan fingerprint density at radius 2 is 2.00 bits per heavy atom. The number of benzene rings is 1. The highest BCUT2D eigenvalue weighted by Gasteiger charge is 2.05. The molecule has 0 saturated carbocycles. The van der Waals surface area contributed by atoms with Crippen LogP contribution >= 0.6 is 0 Å². The van der Waals surface area contributed by atoms with E-state index in [1.165, 1.54) is 6.92 Å². The number of hydrogen-bond donors (Lipinski definition) is 3. The third-order valence-corrected chi connectivity index (χ3v) is 2.76. The van der Waals surface area contributed by atoms with E-state index < -0.39 is 0 Å². The van der Waals surface area contributed by atoms with Gasteiger partial charge in [-0.15, -0.1) is 0 Å². The Labute approximate surface area is 125 Å². The third-order valence-electron chi connectivity index (χ3n) is 2.76. The summed E-state index contributed by atoms with van der Waals surface area (Å²) in [7, 11) is 0. The molecule has 0 atom stereocenters. The molecular weight excluding hydrogens is 270 g/mol. The van der Waals surface area contributed by atoms with Crippen molar-refractivity contribution in [3.05, 3.63) is 23.8 Å². The predicted octanol–water partition coefficient (Wildman–Crippen LogP) is 2.50. The SMILES string of the molecule is CCOCCCNC(=O)Nc1ccc(C)c(NC(C)=O)c1. The molecule has 0 fully saturated rings. The number of rotatable bonds is 7. The topological polar surface area (TPSA) is 79.5 Å². The summed E-state index contributed by atoms with van der Waals surface area (Å²) in [5, 5.41) is 8.20. The van der Waals surface area contributed by atoms with Crippen LogP contribution in [0, 0.1) is 6.92 Å². The Kier molecular flexibility index (Phi) is 7.25. The van der Waals surface area contributed by atoms with Crippen LogP contribution < -0.4 is 16.0 Å². The van der Waals surface area contributed by atoms with E-state index in [4.69, 9.17) is 4.74 Å². The van der Waals surface area contributed by atoms with Crippen LogP contribution in [0.5, 0.6) is 0 Å². The maximum absolute atomic E-state index is 11.7. The molecule has 3 amide bonds. The van der Waals surface area contributed by atoms with Crippen molar-refractivity contribution in [3.63, 3.8) is 0 Å². The molecule has 0 radical (unpaired) electrons. The molecule has 1 rings (SSSR count). The summed E-state index contributed by atoms with van der Waals surface area (Å²) >= 11 is 0. The zero-order chi connectivity index (χ0) is 15.7. The fourth-order valence-electron chi connectivity index (χ4n) is 1.72. The molecule has 0 aromatic heterocycles. The number of nitrogens with one attached hydrogen (secondary N) is 3. The lowest BCUT2D eigenvalue weighted by molar-refractivity contribution is -0.114. The van der Waals surface area contributed by atoms with Gasteiger partial charge in [0.15, 0.2) is 0 Å². The van der Waals surface area contributed by atoms with Crippen molar-refractivity contribution in [1.82, 2.24) is 5.32 Å². The maximum atomic E-state index is 11.7. The van der Waals surface area contributed by atoms with Gasteiger partial charge in [-0.1, -0.05) is 6.07 Å². The number of hydrogen-bond acceptors (Lipinski definition) is 3. The van der Waals surface area contributed by atoms with E-state index in [-0.39, 0.29) is 11.9 Å². The molecular formula is C15H23N3O3. The highest BCUT2D eigenvalue weighted by molar-refractivity contribution is 5.93. The molecule has 6 heteroatoms. The van der Waals surface area contributed by atoms with Gasteiger partial charge >= 0.3 is 6.03 Å². The van der Waals surface area contributed by atoms with Crippen molar-refractivity contribution in [3.8, 4) is 0 Å². The van der Waals surface area contributed by atoms with Crippen LogP contribution in [0.25, 0.3) is 0 Å². The van der Waals surface area contributed by atoms with Crippen molar-refractivity contribution < 1.29 is 14.3 Å². The lowest BCUT2D eigenvalue weighted by Gasteiger charge is -2.11. The lowest BCUT2D eigenvalue weighted by Crippen LogP contribution is -2.30. The lowest BCUT2D eigenvalue weighted by atomic mass is 10.2. The van der Waals surface area contributed by atoms with Gasteiger partial charge in [0.25, 0.3) is 0 Å². The summed E-state index contributed by atoms with van der Waals surface area (Å²) in [6.45, 7) is 7.14. The molecule has 21 heavy (non-hydrogen) atoms. The second-order valence-electron chi connectivity index (χ2n) is 4.64. The Bertz CT molecular complexity index is 489. The molecule has 6 nitrogen and oxygen atoms in total. The van der Waals surface area contributed by atoms with Crippen LogP contribution in [-0.2, 0) is 9.53 Å². The van der Waals surface area contributed by atoms with Crippen molar-refractivity contribution in [1.29, 1.82) is 0 Å². The minimum absolute atomic E-state index is 0.143. The smallest absolute Gasteiger partial charge is 0.319 e. The monoisotopic (exact) mass is 293 g/mol. The normalized spacial score (nSPS) is 10.0. The van der Waals surface area contributed by atoms with Gasteiger partial charge in [-0.2, -0.15) is 0 Å². The Morgan fingerprint density at radius 1 is 1.24 bits per heavy atom. The highest BCUT2D eigenvalue weighted by Crippen LogP contribution is 2.20. The summed E-state index contributed by atoms with van der Waals surface area (Å²) in [6.07, 6.45) is 0.770. The molecule has 0 aliphatic heterocycles. The minimum Gasteiger partial charge on any atom is -0.382 e. The van der Waals surface area contributed by atoms with Crippen molar-refractivity contribution >= 4 is 23.3 Å². The van der Waals surface area contributed by atoms with E-state index in [1.54, 1.807) is 12.1 Å². The van der Waals surface area contributed by atoms with Crippen molar-refractivity contribution in [2.24, 2.45) is 0 Å². The Hall–Kier alpha value is -2.08. The summed E-state index contributed by atoms with van der Waals surface area (Å²) in [5.74, 6) is -0.143. The Morgan fingerprint density at radius 3 is 2.67 bits per heavy atom. The molecule has 1 aromatic rings. The molecule has 0 unspecified atom stereocenters. The van der Waals surface area contributed by atoms with E-state index in [9.17, 15) is 9.59 Å². The van der Waals surface area contributed by atoms with E-state index in [1.807, 2.05) is 19.9 Å². The van der Waals surface area contributed by atoms with Crippen LogP contribution in [0.1, 0.15) is 25.8 Å². The number of carbonyl (C=O) groups excluding carboxylic acids is 2. The van der Waals surface area contributed by atoms with E-state index in [0.717, 1.165) is 12.0 Å². The van der Waals surface area contributed by atoms with Crippen LogP contribution in [0.2, 0.25) is 0 Å². The quantitative estimate of drug-likeness (QED) is 0.676. The molecule has 116 valence electrons. The number of urea groups is 1. The average Bonchev–Trinajstić information content (AvgIpc) is 2.42. The molecule has 0 bridgehead atoms. The molecule has 0 spiro atoms. The molecule has 0 saturated heterocycles. The molecule has 0 aliphatic carbocycles. The number of carbonyl (C=O) groups is 2. The fraction of sp³-hybridized carbons (Fsp3) is 0.467. The van der Waals surface area contributed by atoms with Crippen molar-refractivity contribution in [2.45, 2.75) is 27.2 Å². The van der Waals surface area contributed by atoms with Crippen molar-refractivity contribution in [2.75, 3.05) is 30.4 Å². The second-order valence-corrected chi connectivity index (χ2v) is 4.64.